The lowest BCUT2D eigenvalue weighted by molar-refractivity contribution is -0.137. The van der Waals surface area contributed by atoms with Gasteiger partial charge in [0.2, 0.25) is 0 Å². The highest BCUT2D eigenvalue weighted by molar-refractivity contribution is 6.31. The van der Waals surface area contributed by atoms with E-state index in [1.165, 1.54) is 12.1 Å². The second kappa shape index (κ2) is 7.35. The number of halogens is 4. The number of amides is 1. The topological polar surface area (TPSA) is 45.3 Å². The number of likely N-dealkylation sites (tertiary alicyclic amines) is 1. The summed E-state index contributed by atoms with van der Waals surface area (Å²) in [5.41, 5.74) is 0.210. The summed E-state index contributed by atoms with van der Waals surface area (Å²) < 4.78 is 44.8. The van der Waals surface area contributed by atoms with E-state index in [9.17, 15) is 18.0 Å². The molecule has 3 rings (SSSR count). The Labute approximate surface area is 166 Å². The lowest BCUT2D eigenvalue weighted by Crippen LogP contribution is -2.36. The first-order valence-electron chi connectivity index (χ1n) is 9.01. The number of hydrogen-bond donors (Lipinski definition) is 1. The van der Waals surface area contributed by atoms with Crippen molar-refractivity contribution < 1.29 is 22.7 Å². The van der Waals surface area contributed by atoms with Crippen LogP contribution in [0, 0.1) is 0 Å². The SMILES string of the molecule is CC(C)(C)OC(=O)N1CCC[C@H]1c1ccc(-c2ccc(Cl)c(C(F)(F)F)c2)[nH]1. The van der Waals surface area contributed by atoms with Crippen LogP contribution in [0.4, 0.5) is 18.0 Å². The minimum atomic E-state index is -4.53. The maximum atomic E-state index is 13.1. The van der Waals surface area contributed by atoms with Gasteiger partial charge in [0, 0.05) is 17.9 Å². The molecule has 1 amide bonds. The molecule has 0 aliphatic carbocycles. The van der Waals surface area contributed by atoms with Crippen LogP contribution in [0.15, 0.2) is 30.3 Å². The van der Waals surface area contributed by atoms with Crippen molar-refractivity contribution in [2.24, 2.45) is 0 Å². The van der Waals surface area contributed by atoms with E-state index >= 15 is 0 Å². The summed E-state index contributed by atoms with van der Waals surface area (Å²) in [5, 5.41) is -0.338. The van der Waals surface area contributed by atoms with Crippen molar-refractivity contribution in [2.75, 3.05) is 6.54 Å². The van der Waals surface area contributed by atoms with Crippen molar-refractivity contribution in [3.8, 4) is 11.3 Å². The number of rotatable bonds is 2. The van der Waals surface area contributed by atoms with E-state index in [0.29, 0.717) is 17.8 Å². The Balaban J connectivity index is 1.85. The highest BCUT2D eigenvalue weighted by atomic mass is 35.5. The zero-order chi connectivity index (χ0) is 20.7. The summed E-state index contributed by atoms with van der Waals surface area (Å²) in [5.74, 6) is 0. The monoisotopic (exact) mass is 414 g/mol. The van der Waals surface area contributed by atoms with Gasteiger partial charge < -0.3 is 9.72 Å². The maximum absolute atomic E-state index is 13.1. The number of carbonyl (C=O) groups is 1. The van der Waals surface area contributed by atoms with Gasteiger partial charge in [-0.1, -0.05) is 17.7 Å². The molecule has 1 aromatic heterocycles. The molecule has 0 saturated carbocycles. The zero-order valence-electron chi connectivity index (χ0n) is 15.9. The standard InChI is InChI=1S/C20H22ClF3N2O2/c1-19(2,3)28-18(27)26-10-4-5-17(26)16-9-8-15(25-16)12-6-7-14(21)13(11-12)20(22,23)24/h6-9,11,17,25H,4-5,10H2,1-3H3/t17-/m0/s1. The molecule has 2 aromatic rings. The van der Waals surface area contributed by atoms with Crippen LogP contribution in [-0.4, -0.2) is 28.1 Å². The molecule has 1 aliphatic heterocycles. The lowest BCUT2D eigenvalue weighted by atomic mass is 10.1. The molecule has 1 aliphatic rings. The number of aromatic amines is 1. The van der Waals surface area contributed by atoms with E-state index in [1.807, 2.05) is 20.8 Å². The largest absolute Gasteiger partial charge is 0.444 e. The summed E-state index contributed by atoms with van der Waals surface area (Å²) >= 11 is 5.70. The van der Waals surface area contributed by atoms with Crippen LogP contribution < -0.4 is 0 Å². The van der Waals surface area contributed by atoms with Crippen molar-refractivity contribution in [3.05, 3.63) is 46.6 Å². The zero-order valence-corrected chi connectivity index (χ0v) is 16.6. The molecule has 8 heteroatoms. The second-order valence-corrected chi connectivity index (χ2v) is 8.26. The lowest BCUT2D eigenvalue weighted by Gasteiger charge is -2.28. The molecule has 1 atom stereocenters. The molecule has 1 saturated heterocycles. The van der Waals surface area contributed by atoms with Crippen molar-refractivity contribution in [1.29, 1.82) is 0 Å². The Hall–Kier alpha value is -2.15. The average Bonchev–Trinajstić information content (AvgIpc) is 3.21. The van der Waals surface area contributed by atoms with Crippen LogP contribution in [0.25, 0.3) is 11.3 Å². The number of H-pyrrole nitrogens is 1. The van der Waals surface area contributed by atoms with E-state index < -0.39 is 23.4 Å². The molecule has 0 bridgehead atoms. The van der Waals surface area contributed by atoms with Gasteiger partial charge in [0.05, 0.1) is 16.6 Å². The highest BCUT2D eigenvalue weighted by Gasteiger charge is 2.35. The van der Waals surface area contributed by atoms with Crippen LogP contribution in [0.3, 0.4) is 0 Å². The summed E-state index contributed by atoms with van der Waals surface area (Å²) in [6.45, 7) is 6.00. The fourth-order valence-electron chi connectivity index (χ4n) is 3.31. The first kappa shape index (κ1) is 20.6. The number of benzene rings is 1. The minimum Gasteiger partial charge on any atom is -0.444 e. The number of carbonyl (C=O) groups excluding carboxylic acids is 1. The van der Waals surface area contributed by atoms with E-state index in [1.54, 1.807) is 17.0 Å². The fraction of sp³-hybridized carbons (Fsp3) is 0.450. The molecular weight excluding hydrogens is 393 g/mol. The number of nitrogens with one attached hydrogen (secondary N) is 1. The van der Waals surface area contributed by atoms with Crippen molar-refractivity contribution >= 4 is 17.7 Å². The number of hydrogen-bond acceptors (Lipinski definition) is 2. The third-order valence-corrected chi connectivity index (χ3v) is 4.86. The van der Waals surface area contributed by atoms with Gasteiger partial charge >= 0.3 is 12.3 Å². The Morgan fingerprint density at radius 3 is 2.57 bits per heavy atom. The summed E-state index contributed by atoms with van der Waals surface area (Å²) in [4.78, 5) is 17.3. The quantitative estimate of drug-likeness (QED) is 0.615. The molecule has 0 unspecified atom stereocenters. The van der Waals surface area contributed by atoms with Gasteiger partial charge in [-0.05, 0) is 63.4 Å². The van der Waals surface area contributed by atoms with Gasteiger partial charge in [0.15, 0.2) is 0 Å². The Morgan fingerprint density at radius 2 is 1.93 bits per heavy atom. The fourth-order valence-corrected chi connectivity index (χ4v) is 3.54. The van der Waals surface area contributed by atoms with Crippen LogP contribution >= 0.6 is 11.6 Å². The molecule has 4 nitrogen and oxygen atoms in total. The molecule has 0 spiro atoms. The minimum absolute atomic E-state index is 0.196. The van der Waals surface area contributed by atoms with Crippen LogP contribution in [0.2, 0.25) is 5.02 Å². The molecule has 28 heavy (non-hydrogen) atoms. The van der Waals surface area contributed by atoms with E-state index in [-0.39, 0.29) is 11.1 Å². The summed E-state index contributed by atoms with van der Waals surface area (Å²) in [6, 6.07) is 7.11. The smallest absolute Gasteiger partial charge is 0.417 e. The van der Waals surface area contributed by atoms with E-state index in [0.717, 1.165) is 24.6 Å². The van der Waals surface area contributed by atoms with Crippen LogP contribution in [0.1, 0.15) is 50.9 Å². The third kappa shape index (κ3) is 4.46. The third-order valence-electron chi connectivity index (χ3n) is 4.53. The van der Waals surface area contributed by atoms with E-state index in [2.05, 4.69) is 4.98 Å². The molecule has 1 aromatic carbocycles. The molecule has 2 heterocycles. The molecule has 1 fully saturated rings. The first-order valence-corrected chi connectivity index (χ1v) is 9.39. The number of nitrogens with zero attached hydrogens (tertiary/aromatic N) is 1. The summed E-state index contributed by atoms with van der Waals surface area (Å²) in [7, 11) is 0. The normalized spacial score (nSPS) is 17.8. The second-order valence-electron chi connectivity index (χ2n) is 7.85. The van der Waals surface area contributed by atoms with Gasteiger partial charge in [-0.2, -0.15) is 13.2 Å². The summed E-state index contributed by atoms with van der Waals surface area (Å²) in [6.07, 6.45) is -3.33. The predicted molar refractivity (Wildman–Crippen MR) is 101 cm³/mol. The van der Waals surface area contributed by atoms with Gasteiger partial charge in [-0.15, -0.1) is 0 Å². The van der Waals surface area contributed by atoms with Gasteiger partial charge in [0.25, 0.3) is 0 Å². The Bertz CT molecular complexity index is 871. The van der Waals surface area contributed by atoms with Crippen molar-refractivity contribution in [1.82, 2.24) is 9.88 Å². The predicted octanol–water partition coefficient (Wildman–Crippen LogP) is 6.43. The molecule has 1 N–H and O–H groups in total. The van der Waals surface area contributed by atoms with Crippen molar-refractivity contribution in [3.63, 3.8) is 0 Å². The average molecular weight is 415 g/mol. The van der Waals surface area contributed by atoms with Gasteiger partial charge in [-0.25, -0.2) is 4.79 Å². The number of ether oxygens (including phenoxy) is 1. The Kier molecular flexibility index (Phi) is 5.40. The van der Waals surface area contributed by atoms with Gasteiger partial charge in [-0.3, -0.25) is 4.90 Å². The first-order chi connectivity index (χ1) is 13.0. The number of alkyl halides is 3. The Morgan fingerprint density at radius 1 is 1.21 bits per heavy atom. The molecular formula is C20H22ClF3N2O2. The van der Waals surface area contributed by atoms with Crippen molar-refractivity contribution in [2.45, 2.75) is 51.4 Å². The van der Waals surface area contributed by atoms with Gasteiger partial charge in [0.1, 0.15) is 5.60 Å². The van der Waals surface area contributed by atoms with E-state index in [4.69, 9.17) is 16.3 Å². The maximum Gasteiger partial charge on any atom is 0.417 e. The van der Waals surface area contributed by atoms with Crippen LogP contribution in [-0.2, 0) is 10.9 Å². The highest BCUT2D eigenvalue weighted by Crippen LogP contribution is 2.38. The van der Waals surface area contributed by atoms with Crippen LogP contribution in [0.5, 0.6) is 0 Å². The number of aromatic nitrogens is 1. The molecule has 0 radical (unpaired) electrons. The molecule has 152 valence electrons.